The van der Waals surface area contributed by atoms with Crippen molar-refractivity contribution in [3.05, 3.63) is 101 Å². The minimum absolute atomic E-state index is 0.0973. The number of rotatable bonds is 4. The molecule has 3 aromatic carbocycles. The van der Waals surface area contributed by atoms with E-state index in [1.165, 1.54) is 33.3 Å². The third-order valence-corrected chi connectivity index (χ3v) is 4.73. The van der Waals surface area contributed by atoms with E-state index < -0.39 is 0 Å². The minimum atomic E-state index is 0.0973. The summed E-state index contributed by atoms with van der Waals surface area (Å²) in [6.07, 6.45) is 0. The molecule has 2 nitrogen and oxygen atoms in total. The van der Waals surface area contributed by atoms with Crippen molar-refractivity contribution in [3.63, 3.8) is 0 Å². The number of para-hydroxylation sites is 1. The van der Waals surface area contributed by atoms with Gasteiger partial charge < -0.3 is 10.3 Å². The number of hydrogen-bond donors (Lipinski definition) is 2. The fourth-order valence-electron chi connectivity index (χ4n) is 3.45. The van der Waals surface area contributed by atoms with Crippen LogP contribution >= 0.6 is 0 Å². The first-order chi connectivity index (χ1) is 12.2. The van der Waals surface area contributed by atoms with Gasteiger partial charge in [-0.25, -0.2) is 0 Å². The van der Waals surface area contributed by atoms with Crippen molar-refractivity contribution in [3.8, 4) is 0 Å². The number of anilines is 1. The average Bonchev–Trinajstić information content (AvgIpc) is 2.98. The third-order valence-electron chi connectivity index (χ3n) is 4.73. The Bertz CT molecular complexity index is 982. The summed E-state index contributed by atoms with van der Waals surface area (Å²) in [5, 5.41) is 5.01. The zero-order valence-corrected chi connectivity index (χ0v) is 14.6. The van der Waals surface area contributed by atoms with Crippen LogP contribution in [0.3, 0.4) is 0 Å². The Balaban J connectivity index is 1.85. The highest BCUT2D eigenvalue weighted by atomic mass is 14.9. The molecule has 2 heteroatoms. The Hall–Kier alpha value is -3.00. The van der Waals surface area contributed by atoms with Crippen LogP contribution in [0.5, 0.6) is 0 Å². The summed E-state index contributed by atoms with van der Waals surface area (Å²) in [4.78, 5) is 3.53. The molecule has 25 heavy (non-hydrogen) atoms. The lowest BCUT2D eigenvalue weighted by Crippen LogP contribution is -2.13. The van der Waals surface area contributed by atoms with E-state index in [2.05, 4.69) is 103 Å². The number of benzene rings is 3. The van der Waals surface area contributed by atoms with Gasteiger partial charge in [0.1, 0.15) is 0 Å². The van der Waals surface area contributed by atoms with Crippen molar-refractivity contribution >= 4 is 16.6 Å². The number of aromatic amines is 1. The maximum absolute atomic E-state index is 3.74. The van der Waals surface area contributed by atoms with Crippen molar-refractivity contribution in [2.45, 2.75) is 19.9 Å². The largest absolute Gasteiger partial charge is 0.374 e. The zero-order chi connectivity index (χ0) is 17.2. The molecule has 1 atom stereocenters. The number of fused-ring (bicyclic) bond motifs is 1. The van der Waals surface area contributed by atoms with Gasteiger partial charge in [0.05, 0.1) is 6.04 Å². The zero-order valence-electron chi connectivity index (χ0n) is 14.6. The second kappa shape index (κ2) is 6.48. The SMILES string of the molecule is Cc1ccc(NC(c2ccccc2)c2c(C)[nH]c3ccccc23)cc1. The van der Waals surface area contributed by atoms with Crippen LogP contribution in [0, 0.1) is 13.8 Å². The number of nitrogens with one attached hydrogen (secondary N) is 2. The fraction of sp³-hybridized carbons (Fsp3) is 0.130. The smallest absolute Gasteiger partial charge is 0.0790 e. The van der Waals surface area contributed by atoms with Gasteiger partial charge >= 0.3 is 0 Å². The Kier molecular flexibility index (Phi) is 4.02. The first-order valence-corrected chi connectivity index (χ1v) is 8.68. The standard InChI is InChI=1S/C23H22N2/c1-16-12-14-19(15-13-16)25-23(18-8-4-3-5-9-18)22-17(2)24-21-11-7-6-10-20(21)22/h3-15,23-25H,1-2H3. The molecule has 0 aliphatic carbocycles. The lowest BCUT2D eigenvalue weighted by Gasteiger charge is -2.22. The van der Waals surface area contributed by atoms with E-state index in [9.17, 15) is 0 Å². The van der Waals surface area contributed by atoms with Crippen LogP contribution in [0.15, 0.2) is 78.9 Å². The molecule has 1 heterocycles. The van der Waals surface area contributed by atoms with Crippen molar-refractivity contribution in [2.24, 2.45) is 0 Å². The molecule has 4 aromatic rings. The summed E-state index contributed by atoms with van der Waals surface area (Å²) in [5.74, 6) is 0. The van der Waals surface area contributed by atoms with Crippen molar-refractivity contribution < 1.29 is 0 Å². The molecule has 124 valence electrons. The van der Waals surface area contributed by atoms with Crippen LogP contribution in [0.4, 0.5) is 5.69 Å². The van der Waals surface area contributed by atoms with Gasteiger partial charge in [0, 0.05) is 27.8 Å². The molecule has 4 rings (SSSR count). The van der Waals surface area contributed by atoms with Crippen LogP contribution in [0.25, 0.3) is 10.9 Å². The van der Waals surface area contributed by atoms with E-state index in [0.717, 1.165) is 5.69 Å². The van der Waals surface area contributed by atoms with E-state index in [0.29, 0.717) is 0 Å². The first-order valence-electron chi connectivity index (χ1n) is 8.68. The monoisotopic (exact) mass is 326 g/mol. The Morgan fingerprint density at radius 2 is 1.44 bits per heavy atom. The summed E-state index contributed by atoms with van der Waals surface area (Å²) >= 11 is 0. The molecule has 1 aromatic heterocycles. The maximum atomic E-state index is 3.74. The maximum Gasteiger partial charge on any atom is 0.0790 e. The molecule has 0 saturated heterocycles. The van der Waals surface area contributed by atoms with E-state index in [1.54, 1.807) is 0 Å². The number of aryl methyl sites for hydroxylation is 2. The predicted molar refractivity (Wildman–Crippen MR) is 106 cm³/mol. The fourth-order valence-corrected chi connectivity index (χ4v) is 3.45. The highest BCUT2D eigenvalue weighted by Gasteiger charge is 2.20. The molecule has 0 amide bonds. The van der Waals surface area contributed by atoms with Crippen molar-refractivity contribution in [1.82, 2.24) is 4.98 Å². The van der Waals surface area contributed by atoms with E-state index >= 15 is 0 Å². The van der Waals surface area contributed by atoms with Crippen LogP contribution < -0.4 is 5.32 Å². The van der Waals surface area contributed by atoms with Crippen LogP contribution in [-0.4, -0.2) is 4.98 Å². The van der Waals surface area contributed by atoms with Gasteiger partial charge in [-0.2, -0.15) is 0 Å². The molecule has 1 unspecified atom stereocenters. The second-order valence-electron chi connectivity index (χ2n) is 6.56. The highest BCUT2D eigenvalue weighted by Crippen LogP contribution is 2.34. The quantitative estimate of drug-likeness (QED) is 0.474. The molecular formula is C23H22N2. The van der Waals surface area contributed by atoms with Crippen LogP contribution in [0.1, 0.15) is 28.4 Å². The van der Waals surface area contributed by atoms with Crippen LogP contribution in [0.2, 0.25) is 0 Å². The summed E-state index contributed by atoms with van der Waals surface area (Å²) in [6, 6.07) is 27.8. The molecule has 0 radical (unpaired) electrons. The Morgan fingerprint density at radius 1 is 0.760 bits per heavy atom. The highest BCUT2D eigenvalue weighted by molar-refractivity contribution is 5.86. The predicted octanol–water partition coefficient (Wildman–Crippen LogP) is 5.99. The van der Waals surface area contributed by atoms with Gasteiger partial charge in [0.25, 0.3) is 0 Å². The average molecular weight is 326 g/mol. The second-order valence-corrected chi connectivity index (χ2v) is 6.56. The number of hydrogen-bond acceptors (Lipinski definition) is 1. The molecule has 0 bridgehead atoms. The van der Waals surface area contributed by atoms with Gasteiger partial charge in [-0.05, 0) is 37.6 Å². The van der Waals surface area contributed by atoms with Crippen LogP contribution in [-0.2, 0) is 0 Å². The lowest BCUT2D eigenvalue weighted by atomic mass is 9.95. The van der Waals surface area contributed by atoms with E-state index in [-0.39, 0.29) is 6.04 Å². The Labute approximate surface area is 148 Å². The lowest BCUT2D eigenvalue weighted by molar-refractivity contribution is 0.933. The summed E-state index contributed by atoms with van der Waals surface area (Å²) in [6.45, 7) is 4.27. The summed E-state index contributed by atoms with van der Waals surface area (Å²) in [7, 11) is 0. The molecule has 2 N–H and O–H groups in total. The van der Waals surface area contributed by atoms with Gasteiger partial charge in [0.2, 0.25) is 0 Å². The normalized spacial score (nSPS) is 12.2. The van der Waals surface area contributed by atoms with Gasteiger partial charge in [0.15, 0.2) is 0 Å². The van der Waals surface area contributed by atoms with E-state index in [4.69, 9.17) is 0 Å². The van der Waals surface area contributed by atoms with Gasteiger partial charge in [-0.3, -0.25) is 0 Å². The molecule has 0 fully saturated rings. The Morgan fingerprint density at radius 3 is 2.20 bits per heavy atom. The number of aromatic nitrogens is 1. The van der Waals surface area contributed by atoms with Crippen molar-refractivity contribution in [2.75, 3.05) is 5.32 Å². The summed E-state index contributed by atoms with van der Waals surface area (Å²) in [5.41, 5.74) is 7.35. The molecule has 0 aliphatic heterocycles. The summed E-state index contributed by atoms with van der Waals surface area (Å²) < 4.78 is 0. The molecule has 0 spiro atoms. The first kappa shape index (κ1) is 15.5. The molecule has 0 aliphatic rings. The molecule has 0 saturated carbocycles. The number of H-pyrrole nitrogens is 1. The molecular weight excluding hydrogens is 304 g/mol. The third kappa shape index (κ3) is 3.03. The van der Waals surface area contributed by atoms with Gasteiger partial charge in [-0.1, -0.05) is 66.2 Å². The van der Waals surface area contributed by atoms with Crippen molar-refractivity contribution in [1.29, 1.82) is 0 Å². The topological polar surface area (TPSA) is 27.8 Å². The minimum Gasteiger partial charge on any atom is -0.374 e. The van der Waals surface area contributed by atoms with E-state index in [1.807, 2.05) is 0 Å². The van der Waals surface area contributed by atoms with Gasteiger partial charge in [-0.15, -0.1) is 0 Å².